The van der Waals surface area contributed by atoms with Crippen molar-refractivity contribution in [3.63, 3.8) is 0 Å². The lowest BCUT2D eigenvalue weighted by Gasteiger charge is -2.31. The average molecular weight is 411 g/mol. The average Bonchev–Trinajstić information content (AvgIpc) is 2.56. The van der Waals surface area contributed by atoms with Gasteiger partial charge in [-0.15, -0.1) is 0 Å². The molecule has 0 N–H and O–H groups in total. The van der Waals surface area contributed by atoms with Gasteiger partial charge >= 0.3 is 12.4 Å². The van der Waals surface area contributed by atoms with Crippen molar-refractivity contribution in [2.45, 2.75) is 30.2 Å². The van der Waals surface area contributed by atoms with E-state index < -0.39 is 29.5 Å². The SMILES string of the molecule is CCN(Sc1cnn(C)c(=O)c1)C(c1ccc(C(F)(F)F)cc1)C(F)(F)F. The molecule has 0 aliphatic rings. The Labute approximate surface area is 154 Å². The number of rotatable bonds is 5. The van der Waals surface area contributed by atoms with Crippen molar-refractivity contribution >= 4 is 11.9 Å². The zero-order chi connectivity index (χ0) is 20.4. The Kier molecular flexibility index (Phi) is 6.25. The Morgan fingerprint density at radius 2 is 1.74 bits per heavy atom. The topological polar surface area (TPSA) is 38.1 Å². The van der Waals surface area contributed by atoms with Crippen molar-refractivity contribution < 1.29 is 26.3 Å². The minimum Gasteiger partial charge on any atom is -0.268 e. The molecule has 1 unspecified atom stereocenters. The molecule has 2 rings (SSSR count). The fourth-order valence-electron chi connectivity index (χ4n) is 2.31. The lowest BCUT2D eigenvalue weighted by molar-refractivity contribution is -0.172. The molecular weight excluding hydrogens is 396 g/mol. The number of halogens is 6. The van der Waals surface area contributed by atoms with E-state index in [-0.39, 0.29) is 17.0 Å². The Hall–Kier alpha value is -2.01. The first-order chi connectivity index (χ1) is 12.4. The quantitative estimate of drug-likeness (QED) is 0.539. The minimum atomic E-state index is -4.74. The second-order valence-electron chi connectivity index (χ2n) is 5.54. The summed E-state index contributed by atoms with van der Waals surface area (Å²) in [4.78, 5) is 11.8. The van der Waals surface area contributed by atoms with Gasteiger partial charge in [0.25, 0.3) is 5.56 Å². The van der Waals surface area contributed by atoms with Crippen LogP contribution in [0.3, 0.4) is 0 Å². The van der Waals surface area contributed by atoms with Gasteiger partial charge in [-0.3, -0.25) is 4.79 Å². The van der Waals surface area contributed by atoms with Crippen LogP contribution >= 0.6 is 11.9 Å². The van der Waals surface area contributed by atoms with E-state index in [1.807, 2.05) is 0 Å². The first-order valence-corrected chi connectivity index (χ1v) is 8.42. The molecule has 1 aromatic heterocycles. The fourth-order valence-corrected chi connectivity index (χ4v) is 3.31. The van der Waals surface area contributed by atoms with Gasteiger partial charge in [-0.1, -0.05) is 19.1 Å². The molecule has 0 saturated heterocycles. The van der Waals surface area contributed by atoms with Gasteiger partial charge in [-0.25, -0.2) is 8.99 Å². The summed E-state index contributed by atoms with van der Waals surface area (Å²) in [6.07, 6.45) is -8.13. The molecule has 1 atom stereocenters. The Bertz CT molecular complexity index is 832. The van der Waals surface area contributed by atoms with Crippen LogP contribution in [0.25, 0.3) is 0 Å². The molecule has 1 aromatic carbocycles. The summed E-state index contributed by atoms with van der Waals surface area (Å²) in [7, 11) is 1.40. The van der Waals surface area contributed by atoms with Crippen LogP contribution in [0.15, 0.2) is 46.2 Å². The van der Waals surface area contributed by atoms with Crippen molar-refractivity contribution in [3.8, 4) is 0 Å². The van der Waals surface area contributed by atoms with Gasteiger partial charge in [0.15, 0.2) is 0 Å². The van der Waals surface area contributed by atoms with E-state index in [4.69, 9.17) is 0 Å². The van der Waals surface area contributed by atoms with Crippen LogP contribution in [0.5, 0.6) is 0 Å². The van der Waals surface area contributed by atoms with Crippen LogP contribution in [0.4, 0.5) is 26.3 Å². The molecule has 0 aliphatic heterocycles. The van der Waals surface area contributed by atoms with Crippen molar-refractivity contribution in [2.75, 3.05) is 6.54 Å². The lowest BCUT2D eigenvalue weighted by Crippen LogP contribution is -2.34. The highest BCUT2D eigenvalue weighted by atomic mass is 32.2. The lowest BCUT2D eigenvalue weighted by atomic mass is 10.0. The summed E-state index contributed by atoms with van der Waals surface area (Å²) < 4.78 is 80.9. The molecule has 0 spiro atoms. The number of alkyl halides is 6. The first-order valence-electron chi connectivity index (χ1n) is 7.65. The van der Waals surface area contributed by atoms with E-state index in [2.05, 4.69) is 5.10 Å². The predicted molar refractivity (Wildman–Crippen MR) is 88.0 cm³/mol. The second-order valence-corrected chi connectivity index (χ2v) is 6.66. The summed E-state index contributed by atoms with van der Waals surface area (Å²) in [5, 5.41) is 3.75. The molecule has 0 aliphatic carbocycles. The van der Waals surface area contributed by atoms with Crippen molar-refractivity contribution in [3.05, 3.63) is 58.0 Å². The molecule has 0 bridgehead atoms. The van der Waals surface area contributed by atoms with Crippen molar-refractivity contribution in [1.82, 2.24) is 14.1 Å². The molecule has 0 amide bonds. The Morgan fingerprint density at radius 3 is 2.19 bits per heavy atom. The highest BCUT2D eigenvalue weighted by Crippen LogP contribution is 2.43. The van der Waals surface area contributed by atoms with Crippen LogP contribution in [0.1, 0.15) is 24.1 Å². The third-order valence-corrected chi connectivity index (χ3v) is 4.77. The van der Waals surface area contributed by atoms with Gasteiger partial charge in [0.05, 0.1) is 11.8 Å². The second kappa shape index (κ2) is 7.93. The molecule has 0 radical (unpaired) electrons. The molecule has 0 fully saturated rings. The van der Waals surface area contributed by atoms with Crippen LogP contribution in [0, 0.1) is 0 Å². The largest absolute Gasteiger partial charge is 0.416 e. The van der Waals surface area contributed by atoms with Gasteiger partial charge in [0.1, 0.15) is 6.04 Å². The van der Waals surface area contributed by atoms with E-state index in [1.54, 1.807) is 0 Å². The molecule has 148 valence electrons. The maximum atomic E-state index is 13.7. The molecule has 0 saturated carbocycles. The van der Waals surface area contributed by atoms with Crippen LogP contribution < -0.4 is 5.56 Å². The molecule has 11 heteroatoms. The highest BCUT2D eigenvalue weighted by Gasteiger charge is 2.45. The first kappa shape index (κ1) is 21.3. The van der Waals surface area contributed by atoms with Crippen LogP contribution in [0.2, 0.25) is 0 Å². The normalized spacial score (nSPS) is 13.8. The molecule has 2 aromatic rings. The summed E-state index contributed by atoms with van der Waals surface area (Å²) >= 11 is 0.666. The van der Waals surface area contributed by atoms with Crippen LogP contribution in [-0.2, 0) is 13.2 Å². The highest BCUT2D eigenvalue weighted by molar-refractivity contribution is 7.97. The zero-order valence-electron chi connectivity index (χ0n) is 14.2. The Morgan fingerprint density at radius 1 is 1.15 bits per heavy atom. The maximum absolute atomic E-state index is 13.7. The van der Waals surface area contributed by atoms with Gasteiger partial charge in [-0.05, 0) is 29.6 Å². The monoisotopic (exact) mass is 411 g/mol. The van der Waals surface area contributed by atoms with Gasteiger partial charge < -0.3 is 0 Å². The molecule has 4 nitrogen and oxygen atoms in total. The summed E-state index contributed by atoms with van der Waals surface area (Å²) in [5.41, 5.74) is -1.85. The molecule has 27 heavy (non-hydrogen) atoms. The number of nitrogens with zero attached hydrogens (tertiary/aromatic N) is 3. The third kappa shape index (κ3) is 5.25. The number of hydrogen-bond acceptors (Lipinski definition) is 4. The van der Waals surface area contributed by atoms with Crippen molar-refractivity contribution in [2.24, 2.45) is 7.05 Å². The van der Waals surface area contributed by atoms with E-state index in [0.717, 1.165) is 27.2 Å². The standard InChI is InChI=1S/C16H15F6N3OS/c1-3-25(27-12-8-13(26)24(2)23-9-12)14(16(20,21)22)10-4-6-11(7-5-10)15(17,18)19/h4-9,14H,3H2,1-2H3. The molecule has 1 heterocycles. The number of aromatic nitrogens is 2. The van der Waals surface area contributed by atoms with Gasteiger partial charge in [-0.2, -0.15) is 31.4 Å². The smallest absolute Gasteiger partial charge is 0.268 e. The summed E-state index contributed by atoms with van der Waals surface area (Å²) in [6, 6.07) is 1.84. The zero-order valence-corrected chi connectivity index (χ0v) is 15.0. The minimum absolute atomic E-state index is 0.0783. The van der Waals surface area contributed by atoms with E-state index in [9.17, 15) is 31.1 Å². The van der Waals surface area contributed by atoms with E-state index >= 15 is 0 Å². The fraction of sp³-hybridized carbons (Fsp3) is 0.375. The molecular formula is C16H15F6N3OS. The number of hydrogen-bond donors (Lipinski definition) is 0. The summed E-state index contributed by atoms with van der Waals surface area (Å²) in [6.45, 7) is 1.40. The van der Waals surface area contributed by atoms with Crippen LogP contribution in [-0.4, -0.2) is 26.8 Å². The van der Waals surface area contributed by atoms with Crippen molar-refractivity contribution in [1.29, 1.82) is 0 Å². The third-order valence-electron chi connectivity index (χ3n) is 3.63. The Balaban J connectivity index is 2.38. The predicted octanol–water partition coefficient (Wildman–Crippen LogP) is 4.43. The van der Waals surface area contributed by atoms with Gasteiger partial charge in [0.2, 0.25) is 0 Å². The number of aryl methyl sites for hydroxylation is 1. The maximum Gasteiger partial charge on any atom is 0.416 e. The number of benzene rings is 1. The van der Waals surface area contributed by atoms with E-state index in [0.29, 0.717) is 24.1 Å². The van der Waals surface area contributed by atoms with E-state index in [1.165, 1.54) is 20.2 Å². The summed E-state index contributed by atoms with van der Waals surface area (Å²) in [5.74, 6) is 0. The van der Waals surface area contributed by atoms with Gasteiger partial charge in [0, 0.05) is 24.6 Å².